The van der Waals surface area contributed by atoms with Crippen molar-refractivity contribution >= 4 is 0 Å². The number of rotatable bonds is 5. The summed E-state index contributed by atoms with van der Waals surface area (Å²) in [4.78, 5) is 0. The molecule has 0 amide bonds. The largest absolute Gasteiger partial charge is 0.396 e. The normalized spacial score (nSPS) is 29.1. The summed E-state index contributed by atoms with van der Waals surface area (Å²) in [6.45, 7) is 8.07. The molecule has 1 rings (SSSR count). The van der Waals surface area contributed by atoms with Gasteiger partial charge in [0.2, 0.25) is 0 Å². The SMILES string of the molecule is CC(CO)CNC1CCCC(C(C)C)CC1. The molecule has 1 saturated carbocycles. The van der Waals surface area contributed by atoms with Crippen LogP contribution in [-0.2, 0) is 0 Å². The van der Waals surface area contributed by atoms with Gasteiger partial charge in [-0.05, 0) is 37.0 Å². The maximum Gasteiger partial charge on any atom is 0.0468 e. The number of aliphatic hydroxyl groups is 1. The van der Waals surface area contributed by atoms with E-state index >= 15 is 0 Å². The fraction of sp³-hybridized carbons (Fsp3) is 1.00. The summed E-state index contributed by atoms with van der Waals surface area (Å²) < 4.78 is 0. The molecule has 0 aromatic carbocycles. The first-order valence-corrected chi connectivity index (χ1v) is 6.97. The lowest BCUT2D eigenvalue weighted by Gasteiger charge is -2.20. The van der Waals surface area contributed by atoms with E-state index in [0.29, 0.717) is 18.6 Å². The molecule has 2 nitrogen and oxygen atoms in total. The molecule has 1 fully saturated rings. The summed E-state index contributed by atoms with van der Waals surface area (Å²) in [6.07, 6.45) is 6.80. The second kappa shape index (κ2) is 7.29. The molecule has 1 aliphatic carbocycles. The van der Waals surface area contributed by atoms with E-state index in [2.05, 4.69) is 26.1 Å². The molecule has 1 aliphatic rings. The highest BCUT2D eigenvalue weighted by atomic mass is 16.3. The summed E-state index contributed by atoms with van der Waals surface area (Å²) >= 11 is 0. The van der Waals surface area contributed by atoms with Crippen LogP contribution in [0.1, 0.15) is 52.9 Å². The Morgan fingerprint density at radius 2 is 1.88 bits per heavy atom. The molecular weight excluding hydrogens is 198 g/mol. The Balaban J connectivity index is 2.25. The van der Waals surface area contributed by atoms with Crippen LogP contribution in [0.5, 0.6) is 0 Å². The Hall–Kier alpha value is -0.0800. The minimum atomic E-state index is 0.300. The van der Waals surface area contributed by atoms with E-state index in [-0.39, 0.29) is 0 Å². The molecule has 0 aromatic heterocycles. The molecule has 3 unspecified atom stereocenters. The second-order valence-corrected chi connectivity index (χ2v) is 5.91. The van der Waals surface area contributed by atoms with Crippen LogP contribution in [-0.4, -0.2) is 24.3 Å². The minimum Gasteiger partial charge on any atom is -0.396 e. The van der Waals surface area contributed by atoms with Gasteiger partial charge in [-0.1, -0.05) is 33.6 Å². The number of hydrogen-bond acceptors (Lipinski definition) is 2. The first kappa shape index (κ1) is 14.0. The van der Waals surface area contributed by atoms with Gasteiger partial charge in [0.15, 0.2) is 0 Å². The molecule has 2 N–H and O–H groups in total. The van der Waals surface area contributed by atoms with Crippen LogP contribution in [0.3, 0.4) is 0 Å². The molecule has 0 aromatic rings. The third-order valence-corrected chi connectivity index (χ3v) is 4.02. The van der Waals surface area contributed by atoms with E-state index in [1.54, 1.807) is 0 Å². The lowest BCUT2D eigenvalue weighted by atomic mass is 9.89. The standard InChI is InChI=1S/C14H29NO/c1-11(2)13-5-4-6-14(8-7-13)15-9-12(3)10-16/h11-16H,4-10H2,1-3H3. The Bertz CT molecular complexity index is 182. The van der Waals surface area contributed by atoms with E-state index < -0.39 is 0 Å². The van der Waals surface area contributed by atoms with E-state index in [1.807, 2.05) is 0 Å². The Morgan fingerprint density at radius 3 is 2.50 bits per heavy atom. The van der Waals surface area contributed by atoms with Gasteiger partial charge in [-0.15, -0.1) is 0 Å². The van der Waals surface area contributed by atoms with Crippen LogP contribution in [0, 0.1) is 17.8 Å². The summed E-state index contributed by atoms with van der Waals surface area (Å²) in [5.41, 5.74) is 0. The van der Waals surface area contributed by atoms with Gasteiger partial charge >= 0.3 is 0 Å². The minimum absolute atomic E-state index is 0.300. The second-order valence-electron chi connectivity index (χ2n) is 5.91. The van der Waals surface area contributed by atoms with Crippen molar-refractivity contribution in [1.82, 2.24) is 5.32 Å². The van der Waals surface area contributed by atoms with Gasteiger partial charge in [0.25, 0.3) is 0 Å². The molecule has 0 saturated heterocycles. The summed E-state index contributed by atoms with van der Waals surface area (Å²) in [7, 11) is 0. The van der Waals surface area contributed by atoms with Crippen LogP contribution < -0.4 is 5.32 Å². The number of hydrogen-bond donors (Lipinski definition) is 2. The topological polar surface area (TPSA) is 32.3 Å². The first-order chi connectivity index (χ1) is 7.63. The van der Waals surface area contributed by atoms with Crippen LogP contribution in [0.2, 0.25) is 0 Å². The predicted octanol–water partition coefficient (Wildman–Crippen LogP) is 2.81. The molecule has 2 heteroatoms. The van der Waals surface area contributed by atoms with Crippen molar-refractivity contribution in [2.75, 3.05) is 13.2 Å². The van der Waals surface area contributed by atoms with Gasteiger partial charge in [0.1, 0.15) is 0 Å². The maximum atomic E-state index is 8.99. The smallest absolute Gasteiger partial charge is 0.0468 e. The van der Waals surface area contributed by atoms with Crippen LogP contribution in [0.25, 0.3) is 0 Å². The zero-order valence-electron chi connectivity index (χ0n) is 11.2. The molecule has 0 bridgehead atoms. The molecule has 16 heavy (non-hydrogen) atoms. The number of aliphatic hydroxyl groups excluding tert-OH is 1. The zero-order valence-corrected chi connectivity index (χ0v) is 11.2. The first-order valence-electron chi connectivity index (χ1n) is 6.97. The summed E-state index contributed by atoms with van der Waals surface area (Å²) in [5, 5.41) is 12.6. The third kappa shape index (κ3) is 4.84. The van der Waals surface area contributed by atoms with Crippen LogP contribution >= 0.6 is 0 Å². The molecule has 0 spiro atoms. The monoisotopic (exact) mass is 227 g/mol. The van der Waals surface area contributed by atoms with E-state index in [9.17, 15) is 0 Å². The van der Waals surface area contributed by atoms with Crippen molar-refractivity contribution in [3.05, 3.63) is 0 Å². The van der Waals surface area contributed by atoms with Gasteiger partial charge in [-0.2, -0.15) is 0 Å². The van der Waals surface area contributed by atoms with Gasteiger partial charge < -0.3 is 10.4 Å². The average molecular weight is 227 g/mol. The van der Waals surface area contributed by atoms with Crippen LogP contribution in [0.4, 0.5) is 0 Å². The highest BCUT2D eigenvalue weighted by Gasteiger charge is 2.20. The van der Waals surface area contributed by atoms with Gasteiger partial charge in [-0.25, -0.2) is 0 Å². The van der Waals surface area contributed by atoms with Crippen molar-refractivity contribution in [2.24, 2.45) is 17.8 Å². The molecule has 0 aliphatic heterocycles. The molecular formula is C14H29NO. The summed E-state index contributed by atoms with van der Waals surface area (Å²) in [5.74, 6) is 2.17. The fourth-order valence-electron chi connectivity index (χ4n) is 2.63. The highest BCUT2D eigenvalue weighted by molar-refractivity contribution is 4.76. The third-order valence-electron chi connectivity index (χ3n) is 4.02. The van der Waals surface area contributed by atoms with Crippen molar-refractivity contribution in [2.45, 2.75) is 58.9 Å². The van der Waals surface area contributed by atoms with E-state index in [0.717, 1.165) is 18.4 Å². The number of nitrogens with one attached hydrogen (secondary N) is 1. The molecule has 3 atom stereocenters. The van der Waals surface area contributed by atoms with E-state index in [4.69, 9.17) is 5.11 Å². The Labute approximate surface area is 101 Å². The lowest BCUT2D eigenvalue weighted by Crippen LogP contribution is -2.33. The van der Waals surface area contributed by atoms with Gasteiger partial charge in [0, 0.05) is 19.2 Å². The highest BCUT2D eigenvalue weighted by Crippen LogP contribution is 2.28. The van der Waals surface area contributed by atoms with Crippen molar-refractivity contribution in [1.29, 1.82) is 0 Å². The van der Waals surface area contributed by atoms with Gasteiger partial charge in [-0.3, -0.25) is 0 Å². The van der Waals surface area contributed by atoms with Crippen molar-refractivity contribution in [3.63, 3.8) is 0 Å². The predicted molar refractivity (Wildman–Crippen MR) is 69.5 cm³/mol. The van der Waals surface area contributed by atoms with Gasteiger partial charge in [0.05, 0.1) is 0 Å². The zero-order chi connectivity index (χ0) is 12.0. The molecule has 0 radical (unpaired) electrons. The molecule has 0 heterocycles. The molecule has 96 valence electrons. The van der Waals surface area contributed by atoms with Crippen molar-refractivity contribution in [3.8, 4) is 0 Å². The Morgan fingerprint density at radius 1 is 1.12 bits per heavy atom. The maximum absolute atomic E-state index is 8.99. The van der Waals surface area contributed by atoms with Crippen LogP contribution in [0.15, 0.2) is 0 Å². The quantitative estimate of drug-likeness (QED) is 0.708. The summed E-state index contributed by atoms with van der Waals surface area (Å²) in [6, 6.07) is 0.692. The Kier molecular flexibility index (Phi) is 6.37. The van der Waals surface area contributed by atoms with E-state index in [1.165, 1.54) is 32.1 Å². The van der Waals surface area contributed by atoms with Crippen molar-refractivity contribution < 1.29 is 5.11 Å². The average Bonchev–Trinajstić information content (AvgIpc) is 2.51. The fourth-order valence-corrected chi connectivity index (χ4v) is 2.63. The lowest BCUT2D eigenvalue weighted by molar-refractivity contribution is 0.228.